The number of nitrogens with zero attached hydrogens (tertiary/aromatic N) is 3. The highest BCUT2D eigenvalue weighted by Gasteiger charge is 2.80. The molecule has 1 saturated heterocycles. The molecule has 0 bridgehead atoms. The number of hydrogen-bond donors (Lipinski definition) is 2. The molecule has 1 aliphatic heterocycles. The fourth-order valence-electron chi connectivity index (χ4n) is 3.98. The molecule has 1 aliphatic carbocycles. The molecule has 0 radical (unpaired) electrons. The number of carbonyl (C=O) groups excluding carboxylic acids is 1. The van der Waals surface area contributed by atoms with Gasteiger partial charge >= 0.3 is 18.0 Å². The zero-order valence-electron chi connectivity index (χ0n) is 16.7. The van der Waals surface area contributed by atoms with Crippen LogP contribution in [0.5, 0.6) is 0 Å². The highest BCUT2D eigenvalue weighted by Crippen LogP contribution is 2.62. The highest BCUT2D eigenvalue weighted by atomic mass is 32.2. The van der Waals surface area contributed by atoms with Crippen molar-refractivity contribution in [2.75, 3.05) is 23.3 Å². The van der Waals surface area contributed by atoms with Crippen LogP contribution in [0.25, 0.3) is 0 Å². The predicted octanol–water partition coefficient (Wildman–Crippen LogP) is 2.73. The molecule has 2 atom stereocenters. The Morgan fingerprint density at radius 2 is 1.68 bits per heavy atom. The summed E-state index contributed by atoms with van der Waals surface area (Å²) < 4.78 is 118. The Morgan fingerprint density at radius 1 is 1.09 bits per heavy atom. The Labute approximate surface area is 187 Å². The van der Waals surface area contributed by atoms with E-state index in [0.717, 1.165) is 23.2 Å². The van der Waals surface area contributed by atoms with Crippen molar-refractivity contribution in [3.8, 4) is 0 Å². The second-order valence-corrected chi connectivity index (χ2v) is 9.35. The van der Waals surface area contributed by atoms with E-state index in [9.17, 15) is 43.9 Å². The third-order valence-corrected chi connectivity index (χ3v) is 6.52. The molecule has 2 aromatic rings. The van der Waals surface area contributed by atoms with Gasteiger partial charge in [0.25, 0.3) is 15.9 Å². The van der Waals surface area contributed by atoms with Crippen LogP contribution in [0.3, 0.4) is 0 Å². The van der Waals surface area contributed by atoms with E-state index in [2.05, 4.69) is 15.3 Å². The monoisotopic (exact) mass is 513 g/mol. The van der Waals surface area contributed by atoms with Crippen LogP contribution < -0.4 is 15.4 Å². The molecule has 1 amide bonds. The van der Waals surface area contributed by atoms with Crippen molar-refractivity contribution >= 4 is 27.4 Å². The number of carbonyl (C=O) groups is 1. The first-order chi connectivity index (χ1) is 15.5. The van der Waals surface area contributed by atoms with Crippen molar-refractivity contribution in [3.63, 3.8) is 0 Å². The Morgan fingerprint density at radius 3 is 2.21 bits per heavy atom. The minimum Gasteiger partial charge on any atom is -0.355 e. The minimum atomic E-state index is -4.93. The molecule has 0 aromatic carbocycles. The summed E-state index contributed by atoms with van der Waals surface area (Å²) in [6.45, 7) is -1.31. The van der Waals surface area contributed by atoms with E-state index in [4.69, 9.17) is 5.14 Å². The molecule has 34 heavy (non-hydrogen) atoms. The van der Waals surface area contributed by atoms with Crippen molar-refractivity contribution in [1.29, 1.82) is 0 Å². The van der Waals surface area contributed by atoms with Gasteiger partial charge in [0.1, 0.15) is 5.82 Å². The van der Waals surface area contributed by atoms with E-state index in [1.54, 1.807) is 0 Å². The number of aromatic nitrogens is 2. The molecule has 4 rings (SSSR count). The van der Waals surface area contributed by atoms with Crippen LogP contribution >= 0.6 is 0 Å². The maximum atomic E-state index is 13.8. The first kappa shape index (κ1) is 24.1. The third kappa shape index (κ3) is 3.83. The Balaban J connectivity index is 1.70. The number of sulfonamides is 1. The Bertz CT molecular complexity index is 1250. The summed E-state index contributed by atoms with van der Waals surface area (Å²) >= 11 is 0. The van der Waals surface area contributed by atoms with Gasteiger partial charge in [0.2, 0.25) is 0 Å². The van der Waals surface area contributed by atoms with E-state index in [1.807, 2.05) is 0 Å². The van der Waals surface area contributed by atoms with Crippen molar-refractivity contribution in [3.05, 3.63) is 41.7 Å². The molecule has 0 unspecified atom stereocenters. The first-order valence-corrected chi connectivity index (χ1v) is 11.0. The zero-order valence-corrected chi connectivity index (χ0v) is 17.5. The molecule has 3 N–H and O–H groups in total. The summed E-state index contributed by atoms with van der Waals surface area (Å²) in [6.07, 6.45) is -3.61. The van der Waals surface area contributed by atoms with Gasteiger partial charge in [-0.15, -0.1) is 0 Å². The van der Waals surface area contributed by atoms with Gasteiger partial charge in [-0.25, -0.2) is 23.5 Å². The average Bonchev–Trinajstić information content (AvgIpc) is 3.17. The second kappa shape index (κ2) is 7.49. The number of alkyl halides is 7. The fourth-order valence-corrected chi connectivity index (χ4v) is 4.48. The molecule has 184 valence electrons. The molecular weight excluding hydrogens is 499 g/mol. The number of pyridine rings is 2. The van der Waals surface area contributed by atoms with Crippen LogP contribution in [-0.4, -0.2) is 49.2 Å². The molecule has 2 aliphatic rings. The number of rotatable bonds is 4. The number of fused-ring (bicyclic) bond motifs is 1. The van der Waals surface area contributed by atoms with Gasteiger partial charge in [-0.3, -0.25) is 4.79 Å². The number of halogens is 7. The second-order valence-electron chi connectivity index (χ2n) is 7.84. The topological polar surface area (TPSA) is 118 Å². The number of anilines is 2. The number of amides is 1. The molecule has 2 fully saturated rings. The van der Waals surface area contributed by atoms with Crippen LogP contribution in [0, 0.1) is 11.8 Å². The third-order valence-electron chi connectivity index (χ3n) is 5.72. The van der Waals surface area contributed by atoms with Crippen LogP contribution in [0.1, 0.15) is 15.9 Å². The van der Waals surface area contributed by atoms with Gasteiger partial charge < -0.3 is 10.2 Å². The predicted molar refractivity (Wildman–Crippen MR) is 102 cm³/mol. The maximum absolute atomic E-state index is 13.8. The van der Waals surface area contributed by atoms with E-state index in [-0.39, 0.29) is 5.69 Å². The van der Waals surface area contributed by atoms with Gasteiger partial charge in [-0.1, -0.05) is 0 Å². The lowest BCUT2D eigenvalue weighted by Gasteiger charge is -2.46. The Hall–Kier alpha value is -3.01. The van der Waals surface area contributed by atoms with Crippen LogP contribution in [0.2, 0.25) is 0 Å². The molecule has 8 nitrogen and oxygen atoms in total. The summed E-state index contributed by atoms with van der Waals surface area (Å²) in [4.78, 5) is 20.8. The van der Waals surface area contributed by atoms with Crippen LogP contribution in [0.15, 0.2) is 35.6 Å². The van der Waals surface area contributed by atoms with Gasteiger partial charge in [-0.2, -0.15) is 30.7 Å². The van der Waals surface area contributed by atoms with E-state index >= 15 is 0 Å². The number of nitrogens with two attached hydrogens (primary N) is 1. The first-order valence-electron chi connectivity index (χ1n) is 9.41. The number of hydrogen-bond acceptors (Lipinski definition) is 6. The van der Waals surface area contributed by atoms with Gasteiger partial charge in [0.05, 0.1) is 23.0 Å². The van der Waals surface area contributed by atoms with Gasteiger partial charge in [-0.05, 0) is 12.1 Å². The normalized spacial score (nSPS) is 23.2. The standard InChI is InChI=1S/C18H14F7N5O3S/c19-16(20)11-6-30(7-12(11)17(16,21)22)14-10(3-8(5-28-14)18(23,24)25)15(31)29-9-1-2-27-13(4-9)34(26,32)33/h1-5,11-12H,6-7H2,(H2,26,32,33)(H,27,29,31)/t11-,12+. The number of nitrogens with one attached hydrogen (secondary N) is 1. The fraction of sp³-hybridized carbons (Fsp3) is 0.389. The summed E-state index contributed by atoms with van der Waals surface area (Å²) in [7, 11) is -4.27. The quantitative estimate of drug-likeness (QED) is 0.608. The molecule has 0 spiro atoms. The molecule has 1 saturated carbocycles. The lowest BCUT2D eigenvalue weighted by atomic mass is 9.68. The highest BCUT2D eigenvalue weighted by molar-refractivity contribution is 7.89. The molecule has 2 aromatic heterocycles. The average molecular weight is 513 g/mol. The molecule has 3 heterocycles. The number of primary sulfonamides is 1. The smallest absolute Gasteiger partial charge is 0.355 e. The summed E-state index contributed by atoms with van der Waals surface area (Å²) in [5.74, 6) is -13.9. The van der Waals surface area contributed by atoms with Crippen LogP contribution in [-0.2, 0) is 16.2 Å². The van der Waals surface area contributed by atoms with Crippen molar-refractivity contribution in [2.45, 2.75) is 23.0 Å². The SMILES string of the molecule is NS(=O)(=O)c1cc(NC(=O)c2cc(C(F)(F)F)cnc2N2C[C@@H]3[C@H](C2)C(F)(F)C3(F)F)ccn1. The van der Waals surface area contributed by atoms with Gasteiger partial charge in [0, 0.05) is 37.2 Å². The van der Waals surface area contributed by atoms with Crippen molar-refractivity contribution in [1.82, 2.24) is 9.97 Å². The molecular formula is C18H14F7N5O3S. The van der Waals surface area contributed by atoms with E-state index < -0.39 is 80.8 Å². The Kier molecular flexibility index (Phi) is 5.32. The van der Waals surface area contributed by atoms with E-state index in [0.29, 0.717) is 12.3 Å². The van der Waals surface area contributed by atoms with E-state index in [1.165, 1.54) is 0 Å². The zero-order chi connectivity index (χ0) is 25.3. The minimum absolute atomic E-state index is 0.216. The van der Waals surface area contributed by atoms with Crippen molar-refractivity contribution in [2.24, 2.45) is 17.0 Å². The largest absolute Gasteiger partial charge is 0.417 e. The lowest BCUT2D eigenvalue weighted by molar-refractivity contribution is -0.339. The maximum Gasteiger partial charge on any atom is 0.417 e. The van der Waals surface area contributed by atoms with Gasteiger partial charge in [0.15, 0.2) is 5.03 Å². The van der Waals surface area contributed by atoms with Crippen LogP contribution in [0.4, 0.5) is 42.2 Å². The summed E-state index contributed by atoms with van der Waals surface area (Å²) in [5.41, 5.74) is -2.30. The van der Waals surface area contributed by atoms with Crippen molar-refractivity contribution < 1.29 is 43.9 Å². The summed E-state index contributed by atoms with van der Waals surface area (Å²) in [6, 6.07) is 2.35. The molecule has 16 heteroatoms. The lowest BCUT2D eigenvalue weighted by Crippen LogP contribution is -2.65. The summed E-state index contributed by atoms with van der Waals surface area (Å²) in [5, 5.41) is 6.46.